The summed E-state index contributed by atoms with van der Waals surface area (Å²) in [6.07, 6.45) is 0.810. The first-order valence-electron chi connectivity index (χ1n) is 7.77. The summed E-state index contributed by atoms with van der Waals surface area (Å²) in [6, 6.07) is 8.24. The predicted molar refractivity (Wildman–Crippen MR) is 88.6 cm³/mol. The molecule has 0 aliphatic heterocycles. The van der Waals surface area contributed by atoms with Crippen molar-refractivity contribution in [3.8, 4) is 11.3 Å². The monoisotopic (exact) mass is 286 g/mol. The summed E-state index contributed by atoms with van der Waals surface area (Å²) in [4.78, 5) is 12.7. The Morgan fingerprint density at radius 1 is 1.10 bits per heavy atom. The summed E-state index contributed by atoms with van der Waals surface area (Å²) in [5.41, 5.74) is 4.37. The van der Waals surface area contributed by atoms with Gasteiger partial charge < -0.3 is 0 Å². The molecule has 1 N–H and O–H groups in total. The molecule has 1 aromatic carbocycles. The molecular formula is C18H26N2O. The van der Waals surface area contributed by atoms with E-state index >= 15 is 0 Å². The number of hydrogen-bond donors (Lipinski definition) is 1. The Morgan fingerprint density at radius 3 is 2.33 bits per heavy atom. The zero-order chi connectivity index (χ0) is 15.6. The molecule has 2 aromatic rings. The second-order valence-corrected chi connectivity index (χ2v) is 6.69. The Morgan fingerprint density at radius 2 is 1.76 bits per heavy atom. The standard InChI is InChI=1S/C18H26N2O/c1-12(2)10-16-17(15-9-7-6-8-14(15)5)19-20(18(16)21)11-13(3)4/h6-9,12-13,19H,10-11H2,1-5H3. The summed E-state index contributed by atoms with van der Waals surface area (Å²) in [7, 11) is 0. The van der Waals surface area contributed by atoms with E-state index in [0.717, 1.165) is 29.8 Å². The van der Waals surface area contributed by atoms with Gasteiger partial charge in [-0.2, -0.15) is 0 Å². The maximum absolute atomic E-state index is 12.7. The zero-order valence-electron chi connectivity index (χ0n) is 13.7. The molecule has 0 radical (unpaired) electrons. The molecule has 0 aliphatic carbocycles. The highest BCUT2D eigenvalue weighted by Crippen LogP contribution is 2.25. The van der Waals surface area contributed by atoms with E-state index in [-0.39, 0.29) is 5.56 Å². The van der Waals surface area contributed by atoms with E-state index in [9.17, 15) is 4.79 Å². The Bertz CT molecular complexity index is 662. The molecule has 2 rings (SSSR count). The molecule has 0 atom stereocenters. The molecule has 1 heterocycles. The van der Waals surface area contributed by atoms with Crippen molar-refractivity contribution in [3.63, 3.8) is 0 Å². The van der Waals surface area contributed by atoms with E-state index in [2.05, 4.69) is 51.9 Å². The highest BCUT2D eigenvalue weighted by Gasteiger charge is 2.18. The molecule has 0 unspecified atom stereocenters. The maximum atomic E-state index is 12.7. The fraction of sp³-hybridized carbons (Fsp3) is 0.500. The van der Waals surface area contributed by atoms with Crippen LogP contribution in [0.2, 0.25) is 0 Å². The Balaban J connectivity index is 2.58. The van der Waals surface area contributed by atoms with Gasteiger partial charge in [0.1, 0.15) is 0 Å². The van der Waals surface area contributed by atoms with Crippen molar-refractivity contribution >= 4 is 0 Å². The first kappa shape index (κ1) is 15.6. The van der Waals surface area contributed by atoms with Crippen LogP contribution in [0.5, 0.6) is 0 Å². The molecule has 0 amide bonds. The SMILES string of the molecule is Cc1ccccc1-c1[nH]n(CC(C)C)c(=O)c1CC(C)C. The van der Waals surface area contributed by atoms with Crippen LogP contribution in [0.4, 0.5) is 0 Å². The van der Waals surface area contributed by atoms with E-state index in [0.29, 0.717) is 11.8 Å². The third kappa shape index (κ3) is 3.46. The van der Waals surface area contributed by atoms with Crippen LogP contribution in [0.25, 0.3) is 11.3 Å². The normalized spacial score (nSPS) is 11.6. The fourth-order valence-electron chi connectivity index (χ4n) is 2.69. The van der Waals surface area contributed by atoms with Gasteiger partial charge in [-0.25, -0.2) is 0 Å². The van der Waals surface area contributed by atoms with Gasteiger partial charge in [-0.1, -0.05) is 52.0 Å². The second kappa shape index (κ2) is 6.33. The van der Waals surface area contributed by atoms with E-state index in [1.54, 1.807) is 4.68 Å². The first-order valence-corrected chi connectivity index (χ1v) is 7.77. The van der Waals surface area contributed by atoms with E-state index in [1.165, 1.54) is 5.56 Å². The highest BCUT2D eigenvalue weighted by atomic mass is 16.1. The number of aryl methyl sites for hydroxylation is 1. The summed E-state index contributed by atoms with van der Waals surface area (Å²) < 4.78 is 1.77. The third-order valence-electron chi connectivity index (χ3n) is 3.63. The Kier molecular flexibility index (Phi) is 4.71. The Hall–Kier alpha value is -1.77. The number of aromatic nitrogens is 2. The molecule has 114 valence electrons. The quantitative estimate of drug-likeness (QED) is 0.886. The van der Waals surface area contributed by atoms with Crippen LogP contribution >= 0.6 is 0 Å². The fourth-order valence-corrected chi connectivity index (χ4v) is 2.69. The molecule has 1 aromatic heterocycles. The van der Waals surface area contributed by atoms with Crippen molar-refractivity contribution in [1.29, 1.82) is 0 Å². The number of rotatable bonds is 5. The molecule has 21 heavy (non-hydrogen) atoms. The summed E-state index contributed by atoms with van der Waals surface area (Å²) in [5.74, 6) is 0.904. The van der Waals surface area contributed by atoms with Gasteiger partial charge >= 0.3 is 0 Å². The second-order valence-electron chi connectivity index (χ2n) is 6.69. The van der Waals surface area contributed by atoms with Crippen molar-refractivity contribution in [3.05, 3.63) is 45.7 Å². The first-order chi connectivity index (χ1) is 9.90. The molecule has 0 spiro atoms. The number of H-pyrrole nitrogens is 1. The van der Waals surface area contributed by atoms with E-state index in [4.69, 9.17) is 0 Å². The van der Waals surface area contributed by atoms with Crippen molar-refractivity contribution in [2.24, 2.45) is 11.8 Å². The third-order valence-corrected chi connectivity index (χ3v) is 3.63. The van der Waals surface area contributed by atoms with Crippen molar-refractivity contribution < 1.29 is 0 Å². The minimum Gasteiger partial charge on any atom is -0.295 e. The van der Waals surface area contributed by atoms with E-state index in [1.807, 2.05) is 12.1 Å². The molecule has 0 bridgehead atoms. The van der Waals surface area contributed by atoms with Gasteiger partial charge in [0, 0.05) is 17.7 Å². The van der Waals surface area contributed by atoms with Gasteiger partial charge in [-0.3, -0.25) is 14.6 Å². The number of nitrogens with zero attached hydrogens (tertiary/aromatic N) is 1. The van der Waals surface area contributed by atoms with Crippen molar-refractivity contribution in [2.75, 3.05) is 0 Å². The average molecular weight is 286 g/mol. The van der Waals surface area contributed by atoms with Crippen LogP contribution in [0.3, 0.4) is 0 Å². The van der Waals surface area contributed by atoms with Crippen LogP contribution in [0, 0.1) is 18.8 Å². The maximum Gasteiger partial charge on any atom is 0.270 e. The van der Waals surface area contributed by atoms with Crippen LogP contribution in [0.15, 0.2) is 29.1 Å². The number of nitrogens with one attached hydrogen (secondary N) is 1. The minimum absolute atomic E-state index is 0.135. The number of benzene rings is 1. The lowest BCUT2D eigenvalue weighted by atomic mass is 9.97. The Labute approximate surface area is 127 Å². The molecule has 0 aliphatic rings. The van der Waals surface area contributed by atoms with Crippen LogP contribution in [0.1, 0.15) is 38.8 Å². The molecule has 0 saturated heterocycles. The van der Waals surface area contributed by atoms with Crippen molar-refractivity contribution in [1.82, 2.24) is 9.78 Å². The van der Waals surface area contributed by atoms with Crippen molar-refractivity contribution in [2.45, 2.75) is 47.6 Å². The van der Waals surface area contributed by atoms with E-state index < -0.39 is 0 Å². The summed E-state index contributed by atoms with van der Waals surface area (Å²) in [5, 5.41) is 3.35. The lowest BCUT2D eigenvalue weighted by molar-refractivity contribution is 0.472. The molecule has 3 heteroatoms. The molecule has 0 saturated carbocycles. The van der Waals surface area contributed by atoms with Gasteiger partial charge in [-0.15, -0.1) is 0 Å². The smallest absolute Gasteiger partial charge is 0.270 e. The minimum atomic E-state index is 0.135. The molecule has 0 fully saturated rings. The van der Waals surface area contributed by atoms with Gasteiger partial charge in [-0.05, 0) is 30.7 Å². The topological polar surface area (TPSA) is 37.8 Å². The highest BCUT2D eigenvalue weighted by molar-refractivity contribution is 5.66. The van der Waals surface area contributed by atoms with Gasteiger partial charge in [0.2, 0.25) is 0 Å². The average Bonchev–Trinajstić information content (AvgIpc) is 2.67. The van der Waals surface area contributed by atoms with Gasteiger partial charge in [0.15, 0.2) is 0 Å². The van der Waals surface area contributed by atoms with Crippen LogP contribution in [-0.2, 0) is 13.0 Å². The predicted octanol–water partition coefficient (Wildman–Crippen LogP) is 4.01. The van der Waals surface area contributed by atoms with Gasteiger partial charge in [0.25, 0.3) is 5.56 Å². The lowest BCUT2D eigenvalue weighted by Gasteiger charge is -2.08. The van der Waals surface area contributed by atoms with Gasteiger partial charge in [0.05, 0.1) is 5.69 Å². The summed E-state index contributed by atoms with van der Waals surface area (Å²) in [6.45, 7) is 11.4. The summed E-state index contributed by atoms with van der Waals surface area (Å²) >= 11 is 0. The lowest BCUT2D eigenvalue weighted by Crippen LogP contribution is -2.22. The number of aromatic amines is 1. The van der Waals surface area contributed by atoms with Crippen LogP contribution < -0.4 is 5.56 Å². The largest absolute Gasteiger partial charge is 0.295 e. The zero-order valence-corrected chi connectivity index (χ0v) is 13.7. The number of hydrogen-bond acceptors (Lipinski definition) is 1. The molecular weight excluding hydrogens is 260 g/mol. The van der Waals surface area contributed by atoms with Crippen LogP contribution in [-0.4, -0.2) is 9.78 Å². The molecule has 3 nitrogen and oxygen atoms in total.